The number of benzene rings is 1. The zero-order valence-corrected chi connectivity index (χ0v) is 17.0. The Hall–Kier alpha value is -2.34. The minimum atomic E-state index is -0.229. The lowest BCUT2D eigenvalue weighted by Gasteiger charge is -2.38. The first-order chi connectivity index (χ1) is 13.5. The largest absolute Gasteiger partial charge is 0.497 e. The summed E-state index contributed by atoms with van der Waals surface area (Å²) in [7, 11) is 3.66. The van der Waals surface area contributed by atoms with E-state index in [0.717, 1.165) is 38.0 Å². The van der Waals surface area contributed by atoms with Gasteiger partial charge in [0.25, 0.3) is 0 Å². The van der Waals surface area contributed by atoms with Crippen molar-refractivity contribution in [1.82, 2.24) is 20.0 Å². The first-order valence-corrected chi connectivity index (χ1v) is 10.2. The predicted molar refractivity (Wildman–Crippen MR) is 108 cm³/mol. The quantitative estimate of drug-likeness (QED) is 0.882. The predicted octanol–water partition coefficient (Wildman–Crippen LogP) is 3.19. The van der Waals surface area contributed by atoms with Crippen LogP contribution in [-0.2, 0) is 18.4 Å². The van der Waals surface area contributed by atoms with Crippen LogP contribution in [0.15, 0.2) is 36.7 Å². The number of carbonyl (C=O) groups is 1. The number of hydrogen-bond acceptors (Lipinski definition) is 4. The van der Waals surface area contributed by atoms with E-state index in [4.69, 9.17) is 4.74 Å². The maximum absolute atomic E-state index is 12.4. The van der Waals surface area contributed by atoms with Crippen LogP contribution in [-0.4, -0.2) is 39.3 Å². The summed E-state index contributed by atoms with van der Waals surface area (Å²) in [5.74, 6) is 1.05. The molecule has 0 bridgehead atoms. The Morgan fingerprint density at radius 3 is 2.96 bits per heavy atom. The smallest absolute Gasteiger partial charge is 0.220 e. The molecule has 6 nitrogen and oxygen atoms in total. The molecule has 2 aliphatic rings. The fourth-order valence-electron chi connectivity index (χ4n) is 5.00. The molecule has 1 amide bonds. The Morgan fingerprint density at radius 1 is 1.36 bits per heavy atom. The summed E-state index contributed by atoms with van der Waals surface area (Å²) in [6, 6.07) is 8.87. The summed E-state index contributed by atoms with van der Waals surface area (Å²) in [6.07, 6.45) is 8.70. The van der Waals surface area contributed by atoms with Crippen molar-refractivity contribution in [2.45, 2.75) is 63.2 Å². The molecular weight excluding hydrogens is 352 g/mol. The van der Waals surface area contributed by atoms with Crippen LogP contribution in [0.2, 0.25) is 0 Å². The van der Waals surface area contributed by atoms with E-state index in [1.165, 1.54) is 11.1 Å². The molecule has 2 saturated heterocycles. The average molecular weight is 383 g/mol. The molecule has 3 atom stereocenters. The van der Waals surface area contributed by atoms with Gasteiger partial charge in [0.15, 0.2) is 0 Å². The van der Waals surface area contributed by atoms with E-state index in [1.807, 2.05) is 24.0 Å². The SMILES string of the molecule is COc1cccc([C@@H]2C[C@]3(C)NC(=O)CCCC[C@@H]3N2Cc2cnn(C)c2)c1. The third-order valence-corrected chi connectivity index (χ3v) is 6.31. The molecule has 0 spiro atoms. The van der Waals surface area contributed by atoms with Gasteiger partial charge in [-0.25, -0.2) is 0 Å². The van der Waals surface area contributed by atoms with Crippen molar-refractivity contribution in [2.24, 2.45) is 7.05 Å². The van der Waals surface area contributed by atoms with Gasteiger partial charge in [-0.2, -0.15) is 5.10 Å². The molecule has 28 heavy (non-hydrogen) atoms. The van der Waals surface area contributed by atoms with Gasteiger partial charge in [-0.15, -0.1) is 0 Å². The number of carbonyl (C=O) groups excluding carboxylic acids is 1. The van der Waals surface area contributed by atoms with Crippen molar-refractivity contribution in [3.63, 3.8) is 0 Å². The number of nitrogens with one attached hydrogen (secondary N) is 1. The van der Waals surface area contributed by atoms with Gasteiger partial charge in [0.05, 0.1) is 18.8 Å². The average Bonchev–Trinajstić information content (AvgIpc) is 3.19. The molecule has 1 aromatic carbocycles. The molecule has 2 aliphatic heterocycles. The zero-order valence-electron chi connectivity index (χ0n) is 17.0. The van der Waals surface area contributed by atoms with E-state index < -0.39 is 0 Å². The van der Waals surface area contributed by atoms with Crippen molar-refractivity contribution in [1.29, 1.82) is 0 Å². The molecule has 0 unspecified atom stereocenters. The highest BCUT2D eigenvalue weighted by molar-refractivity contribution is 5.77. The lowest BCUT2D eigenvalue weighted by Crippen LogP contribution is -2.55. The van der Waals surface area contributed by atoms with Gasteiger partial charge < -0.3 is 10.1 Å². The number of rotatable bonds is 4. The van der Waals surface area contributed by atoms with Crippen LogP contribution < -0.4 is 10.1 Å². The molecule has 2 fully saturated rings. The van der Waals surface area contributed by atoms with Crippen molar-refractivity contribution in [3.05, 3.63) is 47.8 Å². The number of fused-ring (bicyclic) bond motifs is 1. The van der Waals surface area contributed by atoms with Gasteiger partial charge in [-0.1, -0.05) is 18.6 Å². The minimum absolute atomic E-state index is 0.180. The van der Waals surface area contributed by atoms with Crippen LogP contribution in [0, 0.1) is 0 Å². The van der Waals surface area contributed by atoms with Gasteiger partial charge in [0.2, 0.25) is 5.91 Å². The topological polar surface area (TPSA) is 59.4 Å². The second-order valence-corrected chi connectivity index (χ2v) is 8.42. The Labute approximate surface area is 166 Å². The van der Waals surface area contributed by atoms with Gasteiger partial charge in [-0.05, 0) is 43.9 Å². The second kappa shape index (κ2) is 7.59. The van der Waals surface area contributed by atoms with Crippen LogP contribution in [0.3, 0.4) is 0 Å². The summed E-state index contributed by atoms with van der Waals surface area (Å²) < 4.78 is 7.32. The lowest BCUT2D eigenvalue weighted by molar-refractivity contribution is -0.123. The molecular formula is C22H30N4O2. The Bertz CT molecular complexity index is 849. The van der Waals surface area contributed by atoms with E-state index in [2.05, 4.69) is 46.6 Å². The van der Waals surface area contributed by atoms with Crippen LogP contribution in [0.5, 0.6) is 5.75 Å². The highest BCUT2D eigenvalue weighted by Gasteiger charge is 2.50. The molecule has 6 heteroatoms. The monoisotopic (exact) mass is 382 g/mol. The summed E-state index contributed by atoms with van der Waals surface area (Å²) in [4.78, 5) is 15.0. The molecule has 0 aliphatic carbocycles. The van der Waals surface area contributed by atoms with E-state index in [-0.39, 0.29) is 17.5 Å². The Kier molecular flexibility index (Phi) is 5.15. The fraction of sp³-hybridized carbons (Fsp3) is 0.545. The third-order valence-electron chi connectivity index (χ3n) is 6.31. The van der Waals surface area contributed by atoms with Crippen molar-refractivity contribution in [2.75, 3.05) is 7.11 Å². The lowest BCUT2D eigenvalue weighted by atomic mass is 9.85. The van der Waals surface area contributed by atoms with Crippen molar-refractivity contribution < 1.29 is 9.53 Å². The highest BCUT2D eigenvalue weighted by atomic mass is 16.5. The first kappa shape index (κ1) is 19.0. The second-order valence-electron chi connectivity index (χ2n) is 8.42. The fourth-order valence-corrected chi connectivity index (χ4v) is 5.00. The number of amides is 1. The van der Waals surface area contributed by atoms with E-state index in [1.54, 1.807) is 7.11 Å². The van der Waals surface area contributed by atoms with Crippen LogP contribution >= 0.6 is 0 Å². The maximum atomic E-state index is 12.4. The molecule has 4 rings (SSSR count). The highest BCUT2D eigenvalue weighted by Crippen LogP contribution is 2.46. The Morgan fingerprint density at radius 2 is 2.21 bits per heavy atom. The number of likely N-dealkylation sites (tertiary alicyclic amines) is 1. The molecule has 1 N–H and O–H groups in total. The standard InChI is InChI=1S/C22H30N4O2/c1-22-12-19(17-7-6-8-18(11-17)28-3)26(15-16-13-23-25(2)14-16)20(22)9-4-5-10-21(27)24-22/h6-8,11,13-14,19-20H,4-5,9-10,12,15H2,1-3H3,(H,24,27)/t19-,20-,22-/m0/s1. The number of aryl methyl sites for hydroxylation is 1. The van der Waals surface area contributed by atoms with E-state index in [9.17, 15) is 4.79 Å². The van der Waals surface area contributed by atoms with E-state index in [0.29, 0.717) is 12.5 Å². The summed E-state index contributed by atoms with van der Waals surface area (Å²) >= 11 is 0. The van der Waals surface area contributed by atoms with Gasteiger partial charge in [0, 0.05) is 43.9 Å². The van der Waals surface area contributed by atoms with Crippen LogP contribution in [0.1, 0.15) is 56.2 Å². The number of nitrogens with zero attached hydrogens (tertiary/aromatic N) is 3. The van der Waals surface area contributed by atoms with Crippen molar-refractivity contribution in [3.8, 4) is 5.75 Å². The number of hydrogen-bond donors (Lipinski definition) is 1. The van der Waals surface area contributed by atoms with Gasteiger partial charge >= 0.3 is 0 Å². The molecule has 2 aromatic rings. The molecule has 150 valence electrons. The minimum Gasteiger partial charge on any atom is -0.497 e. The van der Waals surface area contributed by atoms with Gasteiger partial charge in [0.1, 0.15) is 5.75 Å². The number of ether oxygens (including phenoxy) is 1. The zero-order chi connectivity index (χ0) is 19.7. The summed E-state index contributed by atoms with van der Waals surface area (Å²) in [6.45, 7) is 3.04. The number of methoxy groups -OCH3 is 1. The first-order valence-electron chi connectivity index (χ1n) is 10.2. The summed E-state index contributed by atoms with van der Waals surface area (Å²) in [5, 5.41) is 7.72. The van der Waals surface area contributed by atoms with E-state index >= 15 is 0 Å². The number of aromatic nitrogens is 2. The van der Waals surface area contributed by atoms with Crippen LogP contribution in [0.25, 0.3) is 0 Å². The third kappa shape index (κ3) is 3.65. The molecule has 0 saturated carbocycles. The normalized spacial score (nSPS) is 28.3. The molecule has 1 aromatic heterocycles. The Balaban J connectivity index is 1.72. The maximum Gasteiger partial charge on any atom is 0.220 e. The molecule has 0 radical (unpaired) electrons. The van der Waals surface area contributed by atoms with Gasteiger partial charge in [-0.3, -0.25) is 14.4 Å². The van der Waals surface area contributed by atoms with Crippen LogP contribution in [0.4, 0.5) is 0 Å². The van der Waals surface area contributed by atoms with Crippen molar-refractivity contribution >= 4 is 5.91 Å². The summed E-state index contributed by atoms with van der Waals surface area (Å²) in [5.41, 5.74) is 2.21. The molecule has 3 heterocycles.